The van der Waals surface area contributed by atoms with E-state index < -0.39 is 23.9 Å². The number of carbonyl (C=O) groups is 3. The van der Waals surface area contributed by atoms with E-state index in [0.29, 0.717) is 11.8 Å². The van der Waals surface area contributed by atoms with Crippen molar-refractivity contribution < 1.29 is 24.6 Å². The van der Waals surface area contributed by atoms with E-state index in [1.807, 2.05) is 0 Å². The van der Waals surface area contributed by atoms with Crippen molar-refractivity contribution in [1.29, 1.82) is 0 Å². The van der Waals surface area contributed by atoms with Gasteiger partial charge in [-0.2, -0.15) is 0 Å². The lowest BCUT2D eigenvalue weighted by molar-refractivity contribution is -0.141. The first kappa shape index (κ1) is 13.4. The number of nitrogens with one attached hydrogen (secondary N) is 2. The third kappa shape index (κ3) is 4.47. The summed E-state index contributed by atoms with van der Waals surface area (Å²) in [6.45, 7) is 0. The molecule has 0 radical (unpaired) electrons. The summed E-state index contributed by atoms with van der Waals surface area (Å²) >= 11 is 0. The summed E-state index contributed by atoms with van der Waals surface area (Å²) in [4.78, 5) is 38.8. The number of rotatable bonds is 6. The van der Waals surface area contributed by atoms with Gasteiger partial charge in [-0.15, -0.1) is 0 Å². The van der Waals surface area contributed by atoms with E-state index >= 15 is 0 Å². The van der Waals surface area contributed by atoms with Gasteiger partial charge in [-0.05, 0) is 0 Å². The van der Waals surface area contributed by atoms with Crippen LogP contribution < -0.4 is 5.32 Å². The number of H-pyrrole nitrogens is 1. The topological polar surface area (TPSA) is 132 Å². The lowest BCUT2D eigenvalue weighted by atomic mass is 10.1. The third-order valence-corrected chi connectivity index (χ3v) is 1.96. The molecule has 1 aromatic heterocycles. The molecule has 8 heteroatoms. The average Bonchev–Trinajstić information content (AvgIpc) is 2.78. The Morgan fingerprint density at radius 3 is 2.61 bits per heavy atom. The van der Waals surface area contributed by atoms with Gasteiger partial charge in [0.15, 0.2) is 0 Å². The fourth-order valence-corrected chi connectivity index (χ4v) is 1.18. The maximum absolute atomic E-state index is 11.2. The molecular formula is C10H11N3O5. The number of imidazole rings is 1. The molecule has 0 spiro atoms. The van der Waals surface area contributed by atoms with E-state index in [2.05, 4.69) is 15.3 Å². The van der Waals surface area contributed by atoms with Crippen LogP contribution in [0.25, 0.3) is 0 Å². The van der Waals surface area contributed by atoms with E-state index in [1.165, 1.54) is 12.5 Å². The summed E-state index contributed by atoms with van der Waals surface area (Å²) in [7, 11) is 0. The van der Waals surface area contributed by atoms with Crippen LogP contribution in [0.3, 0.4) is 0 Å². The first-order valence-corrected chi connectivity index (χ1v) is 4.91. The Bertz CT molecular complexity index is 466. The smallest absolute Gasteiger partial charge is 0.328 e. The first-order valence-electron chi connectivity index (χ1n) is 4.91. The Morgan fingerprint density at radius 2 is 2.11 bits per heavy atom. The molecule has 18 heavy (non-hydrogen) atoms. The molecule has 1 amide bonds. The molecule has 0 fully saturated rings. The molecule has 4 N–H and O–H groups in total. The largest absolute Gasteiger partial charge is 0.480 e. The van der Waals surface area contributed by atoms with Crippen LogP contribution in [-0.4, -0.2) is 44.1 Å². The number of carboxylic acid groups (broad SMARTS) is 2. The van der Waals surface area contributed by atoms with Crippen LogP contribution in [0.15, 0.2) is 24.7 Å². The van der Waals surface area contributed by atoms with E-state index in [0.717, 1.165) is 6.08 Å². The molecule has 0 bridgehead atoms. The zero-order valence-electron chi connectivity index (χ0n) is 9.16. The van der Waals surface area contributed by atoms with Gasteiger partial charge in [-0.25, -0.2) is 14.6 Å². The Labute approximate surface area is 101 Å². The van der Waals surface area contributed by atoms with Crippen LogP contribution in [0.5, 0.6) is 0 Å². The highest BCUT2D eigenvalue weighted by atomic mass is 16.4. The van der Waals surface area contributed by atoms with Crippen LogP contribution in [0.1, 0.15) is 5.69 Å². The monoisotopic (exact) mass is 253 g/mol. The summed E-state index contributed by atoms with van der Waals surface area (Å²) in [5.74, 6) is -3.31. The minimum atomic E-state index is -1.29. The molecule has 1 rings (SSSR count). The zero-order chi connectivity index (χ0) is 13.5. The minimum Gasteiger partial charge on any atom is -0.480 e. The molecule has 1 heterocycles. The number of carbonyl (C=O) groups excluding carboxylic acids is 1. The molecule has 1 atom stereocenters. The molecule has 0 aliphatic rings. The van der Waals surface area contributed by atoms with Crippen molar-refractivity contribution in [2.75, 3.05) is 0 Å². The molecule has 0 aromatic carbocycles. The van der Waals surface area contributed by atoms with E-state index in [-0.39, 0.29) is 6.42 Å². The van der Waals surface area contributed by atoms with Gasteiger partial charge >= 0.3 is 11.9 Å². The Balaban J connectivity index is 2.61. The summed E-state index contributed by atoms with van der Waals surface area (Å²) < 4.78 is 0. The van der Waals surface area contributed by atoms with Crippen molar-refractivity contribution in [3.63, 3.8) is 0 Å². The predicted octanol–water partition coefficient (Wildman–Crippen LogP) is -0.838. The van der Waals surface area contributed by atoms with Crippen LogP contribution in [0.2, 0.25) is 0 Å². The maximum Gasteiger partial charge on any atom is 0.328 e. The van der Waals surface area contributed by atoms with Crippen molar-refractivity contribution in [3.05, 3.63) is 30.4 Å². The minimum absolute atomic E-state index is 0.00544. The number of hydrogen-bond acceptors (Lipinski definition) is 4. The van der Waals surface area contributed by atoms with Gasteiger partial charge in [-0.3, -0.25) is 4.79 Å². The maximum atomic E-state index is 11.2. The quantitative estimate of drug-likeness (QED) is 0.489. The molecule has 96 valence electrons. The van der Waals surface area contributed by atoms with Gasteiger partial charge in [0, 0.05) is 24.8 Å². The number of hydrogen-bond donors (Lipinski definition) is 4. The van der Waals surface area contributed by atoms with Crippen molar-refractivity contribution in [2.24, 2.45) is 0 Å². The first-order chi connectivity index (χ1) is 8.49. The van der Waals surface area contributed by atoms with Gasteiger partial charge in [-0.1, -0.05) is 0 Å². The van der Waals surface area contributed by atoms with E-state index in [9.17, 15) is 14.4 Å². The Kier molecular flexibility index (Phi) is 4.61. The fourth-order valence-electron chi connectivity index (χ4n) is 1.18. The highest BCUT2D eigenvalue weighted by Crippen LogP contribution is 1.99. The number of nitrogens with zero attached hydrogens (tertiary/aromatic N) is 1. The molecule has 0 aliphatic heterocycles. The Hall–Kier alpha value is -2.64. The Morgan fingerprint density at radius 1 is 1.39 bits per heavy atom. The van der Waals surface area contributed by atoms with Gasteiger partial charge in [0.05, 0.1) is 12.0 Å². The SMILES string of the molecule is O=C(O)/C=C\C(=O)N[C@@H](Cc1c[nH]cn1)C(=O)O. The lowest BCUT2D eigenvalue weighted by Gasteiger charge is -2.11. The highest BCUT2D eigenvalue weighted by molar-refractivity contribution is 5.95. The standard InChI is InChI=1S/C10H11N3O5/c14-8(1-2-9(15)16)13-7(10(17)18)3-6-4-11-5-12-6/h1-2,4-5,7H,3H2,(H,11,12)(H,13,14)(H,15,16)(H,17,18)/b2-1-/t7-/m0/s1. The molecule has 0 saturated carbocycles. The van der Waals surface area contributed by atoms with Crippen molar-refractivity contribution >= 4 is 17.8 Å². The summed E-state index contributed by atoms with van der Waals surface area (Å²) in [6.07, 6.45) is 4.28. The van der Waals surface area contributed by atoms with Gasteiger partial charge < -0.3 is 20.5 Å². The zero-order valence-corrected chi connectivity index (χ0v) is 9.16. The number of amides is 1. The lowest BCUT2D eigenvalue weighted by Crippen LogP contribution is -2.41. The van der Waals surface area contributed by atoms with Crippen molar-refractivity contribution in [3.8, 4) is 0 Å². The average molecular weight is 253 g/mol. The van der Waals surface area contributed by atoms with Crippen LogP contribution in [-0.2, 0) is 20.8 Å². The van der Waals surface area contributed by atoms with Crippen LogP contribution in [0, 0.1) is 0 Å². The summed E-state index contributed by atoms with van der Waals surface area (Å²) in [5.41, 5.74) is 0.477. The molecule has 0 aliphatic carbocycles. The molecular weight excluding hydrogens is 242 g/mol. The van der Waals surface area contributed by atoms with E-state index in [1.54, 1.807) is 0 Å². The second kappa shape index (κ2) is 6.18. The summed E-state index contributed by atoms with van der Waals surface area (Å²) in [5, 5.41) is 19.4. The van der Waals surface area contributed by atoms with Crippen LogP contribution >= 0.6 is 0 Å². The molecule has 0 unspecified atom stereocenters. The fraction of sp³-hybridized carbons (Fsp3) is 0.200. The number of aromatic nitrogens is 2. The van der Waals surface area contributed by atoms with Gasteiger partial charge in [0.1, 0.15) is 6.04 Å². The molecule has 0 saturated heterocycles. The second-order valence-electron chi connectivity index (χ2n) is 3.34. The van der Waals surface area contributed by atoms with Crippen molar-refractivity contribution in [1.82, 2.24) is 15.3 Å². The molecule has 1 aromatic rings. The normalized spacial score (nSPS) is 12.2. The van der Waals surface area contributed by atoms with Crippen molar-refractivity contribution in [2.45, 2.75) is 12.5 Å². The molecule has 8 nitrogen and oxygen atoms in total. The van der Waals surface area contributed by atoms with E-state index in [4.69, 9.17) is 10.2 Å². The second-order valence-corrected chi connectivity index (χ2v) is 3.34. The number of aliphatic carboxylic acids is 2. The summed E-state index contributed by atoms with van der Waals surface area (Å²) in [6, 6.07) is -1.17. The number of carboxylic acids is 2. The number of aromatic amines is 1. The predicted molar refractivity (Wildman–Crippen MR) is 58.6 cm³/mol. The van der Waals surface area contributed by atoms with Gasteiger partial charge in [0.25, 0.3) is 0 Å². The third-order valence-electron chi connectivity index (χ3n) is 1.96. The van der Waals surface area contributed by atoms with Gasteiger partial charge in [0.2, 0.25) is 5.91 Å². The van der Waals surface area contributed by atoms with Crippen LogP contribution in [0.4, 0.5) is 0 Å². The highest BCUT2D eigenvalue weighted by Gasteiger charge is 2.20.